The number of esters is 1. The molecule has 7 nitrogen and oxygen atoms in total. The van der Waals surface area contributed by atoms with Gasteiger partial charge in [-0.15, -0.1) is 0 Å². The van der Waals surface area contributed by atoms with Crippen LogP contribution in [-0.2, 0) is 9.53 Å². The molecule has 0 radical (unpaired) electrons. The van der Waals surface area contributed by atoms with Crippen LogP contribution < -0.4 is 14.9 Å². The van der Waals surface area contributed by atoms with Gasteiger partial charge in [-0.25, -0.2) is 10.2 Å². The third kappa shape index (κ3) is 5.65. The molecule has 0 spiro atoms. The number of amides is 1. The van der Waals surface area contributed by atoms with Gasteiger partial charge in [0.15, 0.2) is 6.61 Å². The van der Waals surface area contributed by atoms with Gasteiger partial charge in [0.05, 0.1) is 26.0 Å². The monoisotopic (exact) mass is 342 g/mol. The van der Waals surface area contributed by atoms with E-state index in [1.54, 1.807) is 55.6 Å². The molecule has 0 heterocycles. The minimum absolute atomic E-state index is 0.162. The molecule has 1 amide bonds. The fourth-order valence-electron chi connectivity index (χ4n) is 1.86. The van der Waals surface area contributed by atoms with E-state index >= 15 is 0 Å². The van der Waals surface area contributed by atoms with E-state index in [0.29, 0.717) is 17.1 Å². The highest BCUT2D eigenvalue weighted by atomic mass is 16.5. The molecule has 25 heavy (non-hydrogen) atoms. The van der Waals surface area contributed by atoms with Crippen LogP contribution in [0.4, 0.5) is 0 Å². The molecule has 0 aromatic heterocycles. The van der Waals surface area contributed by atoms with Crippen LogP contribution in [0.1, 0.15) is 15.9 Å². The topological polar surface area (TPSA) is 86.2 Å². The van der Waals surface area contributed by atoms with Gasteiger partial charge < -0.3 is 14.2 Å². The zero-order valence-electron chi connectivity index (χ0n) is 13.9. The minimum atomic E-state index is -0.410. The first-order valence-electron chi connectivity index (χ1n) is 7.39. The molecule has 2 rings (SSSR count). The van der Waals surface area contributed by atoms with E-state index in [1.165, 1.54) is 13.3 Å². The number of rotatable bonds is 7. The summed E-state index contributed by atoms with van der Waals surface area (Å²) in [6.07, 6.45) is 1.46. The van der Waals surface area contributed by atoms with Crippen molar-refractivity contribution >= 4 is 18.1 Å². The molecule has 0 fully saturated rings. The Kier molecular flexibility index (Phi) is 6.53. The van der Waals surface area contributed by atoms with Crippen LogP contribution in [0.2, 0.25) is 0 Å². The minimum Gasteiger partial charge on any atom is -0.497 e. The molecule has 0 aliphatic heterocycles. The summed E-state index contributed by atoms with van der Waals surface area (Å²) in [6.45, 7) is -0.162. The number of hydrogen-bond acceptors (Lipinski definition) is 6. The van der Waals surface area contributed by atoms with E-state index < -0.39 is 11.9 Å². The predicted octanol–water partition coefficient (Wildman–Crippen LogP) is 2.01. The first kappa shape index (κ1) is 18.0. The number of ether oxygens (including phenoxy) is 3. The molecule has 1 N–H and O–H groups in total. The summed E-state index contributed by atoms with van der Waals surface area (Å²) in [7, 11) is 2.89. The molecular formula is C18H18N2O5. The van der Waals surface area contributed by atoms with Crippen LogP contribution in [-0.4, -0.2) is 38.9 Å². The number of carbonyl (C=O) groups is 2. The maximum Gasteiger partial charge on any atom is 0.337 e. The van der Waals surface area contributed by atoms with Crippen molar-refractivity contribution < 1.29 is 23.8 Å². The number of benzene rings is 2. The van der Waals surface area contributed by atoms with Gasteiger partial charge in [-0.05, 0) is 42.0 Å². The number of carbonyl (C=O) groups excluding carboxylic acids is 2. The fraction of sp³-hybridized carbons (Fsp3) is 0.167. The Balaban J connectivity index is 1.78. The summed E-state index contributed by atoms with van der Waals surface area (Å²) in [5.41, 5.74) is 3.53. The predicted molar refractivity (Wildman–Crippen MR) is 92.0 cm³/mol. The zero-order chi connectivity index (χ0) is 18.1. The zero-order valence-corrected chi connectivity index (χ0v) is 13.9. The lowest BCUT2D eigenvalue weighted by atomic mass is 10.1. The van der Waals surface area contributed by atoms with Crippen molar-refractivity contribution in [2.24, 2.45) is 5.10 Å². The van der Waals surface area contributed by atoms with Crippen LogP contribution in [0.25, 0.3) is 0 Å². The van der Waals surface area contributed by atoms with Gasteiger partial charge in [-0.3, -0.25) is 4.79 Å². The molecule has 130 valence electrons. The molecule has 2 aromatic carbocycles. The number of hydrogen-bond donors (Lipinski definition) is 1. The second kappa shape index (κ2) is 9.07. The first-order chi connectivity index (χ1) is 12.1. The van der Waals surface area contributed by atoms with Gasteiger partial charge in [-0.1, -0.05) is 12.1 Å². The van der Waals surface area contributed by atoms with Gasteiger partial charge in [0.1, 0.15) is 11.5 Å². The Hall–Kier alpha value is -3.35. The van der Waals surface area contributed by atoms with Gasteiger partial charge in [0.25, 0.3) is 5.91 Å². The normalized spacial score (nSPS) is 10.3. The Morgan fingerprint density at radius 3 is 2.24 bits per heavy atom. The summed E-state index contributed by atoms with van der Waals surface area (Å²) in [6, 6.07) is 13.5. The lowest BCUT2D eigenvalue weighted by Gasteiger charge is -2.05. The summed E-state index contributed by atoms with van der Waals surface area (Å²) >= 11 is 0. The van der Waals surface area contributed by atoms with Crippen molar-refractivity contribution in [1.82, 2.24) is 5.43 Å². The van der Waals surface area contributed by atoms with Crippen molar-refractivity contribution in [3.8, 4) is 11.5 Å². The lowest BCUT2D eigenvalue weighted by molar-refractivity contribution is -0.123. The summed E-state index contributed by atoms with van der Waals surface area (Å²) in [5, 5.41) is 3.84. The van der Waals surface area contributed by atoms with Crippen LogP contribution in [0.5, 0.6) is 11.5 Å². The third-order valence-corrected chi connectivity index (χ3v) is 3.16. The van der Waals surface area contributed by atoms with Gasteiger partial charge in [-0.2, -0.15) is 5.10 Å². The van der Waals surface area contributed by atoms with Crippen LogP contribution in [0.3, 0.4) is 0 Å². The van der Waals surface area contributed by atoms with E-state index in [1.807, 2.05) is 0 Å². The van der Waals surface area contributed by atoms with E-state index in [4.69, 9.17) is 9.47 Å². The van der Waals surface area contributed by atoms with Crippen LogP contribution in [0, 0.1) is 0 Å². The summed E-state index contributed by atoms with van der Waals surface area (Å²) in [4.78, 5) is 23.0. The van der Waals surface area contributed by atoms with Crippen LogP contribution in [0.15, 0.2) is 53.6 Å². The second-order valence-electron chi connectivity index (χ2n) is 4.87. The molecule has 2 aromatic rings. The summed E-state index contributed by atoms with van der Waals surface area (Å²) < 4.78 is 15.0. The molecule has 0 atom stereocenters. The molecule has 0 saturated carbocycles. The van der Waals surface area contributed by atoms with Crippen molar-refractivity contribution in [3.05, 3.63) is 59.7 Å². The van der Waals surface area contributed by atoms with Crippen molar-refractivity contribution in [2.75, 3.05) is 20.8 Å². The standard InChI is InChI=1S/C18H18N2O5/c1-23-15-7-9-16(10-8-15)25-12-17(21)20-19-11-13-3-5-14(6-4-13)18(22)24-2/h3-11H,12H2,1-2H3,(H,20,21). The van der Waals surface area contributed by atoms with E-state index in [9.17, 15) is 9.59 Å². The second-order valence-corrected chi connectivity index (χ2v) is 4.87. The van der Waals surface area contributed by atoms with Crippen molar-refractivity contribution in [3.63, 3.8) is 0 Å². The smallest absolute Gasteiger partial charge is 0.337 e. The largest absolute Gasteiger partial charge is 0.497 e. The SMILES string of the molecule is COC(=O)c1ccc(C=NNC(=O)COc2ccc(OC)cc2)cc1. The number of methoxy groups -OCH3 is 2. The number of nitrogens with zero attached hydrogens (tertiary/aromatic N) is 1. The Labute approximate surface area is 145 Å². The number of nitrogens with one attached hydrogen (secondary N) is 1. The quantitative estimate of drug-likeness (QED) is 0.472. The maximum atomic E-state index is 11.7. The molecule has 0 aliphatic carbocycles. The molecule has 0 unspecified atom stereocenters. The molecule has 0 bridgehead atoms. The molecule has 0 aliphatic rings. The third-order valence-electron chi connectivity index (χ3n) is 3.16. The van der Waals surface area contributed by atoms with Gasteiger partial charge in [0.2, 0.25) is 0 Å². The molecular weight excluding hydrogens is 324 g/mol. The van der Waals surface area contributed by atoms with E-state index in [2.05, 4.69) is 15.3 Å². The van der Waals surface area contributed by atoms with Crippen LogP contribution >= 0.6 is 0 Å². The molecule has 0 saturated heterocycles. The average Bonchev–Trinajstić information content (AvgIpc) is 2.66. The highest BCUT2D eigenvalue weighted by molar-refractivity contribution is 5.90. The Bertz CT molecular complexity index is 739. The Morgan fingerprint density at radius 2 is 1.64 bits per heavy atom. The van der Waals surface area contributed by atoms with Crippen molar-refractivity contribution in [2.45, 2.75) is 0 Å². The lowest BCUT2D eigenvalue weighted by Crippen LogP contribution is -2.24. The van der Waals surface area contributed by atoms with E-state index in [0.717, 1.165) is 5.56 Å². The summed E-state index contributed by atoms with van der Waals surface area (Å²) in [5.74, 6) is 0.462. The molecule has 7 heteroatoms. The first-order valence-corrected chi connectivity index (χ1v) is 7.39. The fourth-order valence-corrected chi connectivity index (χ4v) is 1.86. The Morgan fingerprint density at radius 1 is 1.00 bits per heavy atom. The van der Waals surface area contributed by atoms with Gasteiger partial charge >= 0.3 is 5.97 Å². The maximum absolute atomic E-state index is 11.7. The van der Waals surface area contributed by atoms with Gasteiger partial charge in [0, 0.05) is 0 Å². The number of hydrazone groups is 1. The average molecular weight is 342 g/mol. The van der Waals surface area contributed by atoms with Crippen molar-refractivity contribution in [1.29, 1.82) is 0 Å². The highest BCUT2D eigenvalue weighted by Crippen LogP contribution is 2.16. The highest BCUT2D eigenvalue weighted by Gasteiger charge is 2.04. The van der Waals surface area contributed by atoms with E-state index in [-0.39, 0.29) is 6.61 Å².